The number of Topliss-reactive ketones (excluding diaryl/α,β-unsaturated/α-hetero) is 1. The highest BCUT2D eigenvalue weighted by molar-refractivity contribution is 6.46. The lowest BCUT2D eigenvalue weighted by molar-refractivity contribution is -0.140. The van der Waals surface area contributed by atoms with Crippen molar-refractivity contribution in [1.29, 1.82) is 0 Å². The molecule has 1 atom stereocenters. The fraction of sp³-hybridized carbons (Fsp3) is 0.429. The molecular formula is C28H35NO7. The number of benzene rings is 2. The van der Waals surface area contributed by atoms with E-state index in [0.717, 1.165) is 19.3 Å². The average molecular weight is 498 g/mol. The van der Waals surface area contributed by atoms with Gasteiger partial charge in [-0.15, -0.1) is 0 Å². The summed E-state index contributed by atoms with van der Waals surface area (Å²) in [5.41, 5.74) is 1.08. The van der Waals surface area contributed by atoms with E-state index in [1.165, 1.54) is 19.1 Å². The van der Waals surface area contributed by atoms with Crippen LogP contribution in [-0.2, 0) is 14.3 Å². The van der Waals surface area contributed by atoms with Crippen molar-refractivity contribution in [1.82, 2.24) is 4.90 Å². The molecule has 8 heteroatoms. The van der Waals surface area contributed by atoms with Crippen molar-refractivity contribution in [2.45, 2.75) is 38.6 Å². The van der Waals surface area contributed by atoms with Crippen LogP contribution in [0.4, 0.5) is 0 Å². The zero-order valence-corrected chi connectivity index (χ0v) is 21.4. The Morgan fingerprint density at radius 1 is 0.917 bits per heavy atom. The van der Waals surface area contributed by atoms with Crippen molar-refractivity contribution < 1.29 is 33.6 Å². The first-order valence-electron chi connectivity index (χ1n) is 12.2. The molecule has 1 heterocycles. The number of hydrogen-bond acceptors (Lipinski definition) is 7. The molecule has 1 N–H and O–H groups in total. The van der Waals surface area contributed by atoms with E-state index in [4.69, 9.17) is 18.9 Å². The first kappa shape index (κ1) is 27.1. The Balaban J connectivity index is 2.00. The summed E-state index contributed by atoms with van der Waals surface area (Å²) in [6.45, 7) is 3.47. The van der Waals surface area contributed by atoms with Gasteiger partial charge in [-0.25, -0.2) is 0 Å². The van der Waals surface area contributed by atoms with Crippen molar-refractivity contribution in [2.75, 3.05) is 41.1 Å². The van der Waals surface area contributed by atoms with E-state index in [9.17, 15) is 14.7 Å². The fourth-order valence-corrected chi connectivity index (χ4v) is 4.27. The molecule has 0 bridgehead atoms. The number of rotatable bonds is 13. The molecule has 1 aliphatic rings. The van der Waals surface area contributed by atoms with Crippen LogP contribution >= 0.6 is 0 Å². The van der Waals surface area contributed by atoms with Crippen LogP contribution < -0.4 is 14.2 Å². The number of ketones is 1. The first-order chi connectivity index (χ1) is 17.5. The summed E-state index contributed by atoms with van der Waals surface area (Å²) in [5.74, 6) is 0.0288. The van der Waals surface area contributed by atoms with E-state index in [-0.39, 0.29) is 11.3 Å². The van der Waals surface area contributed by atoms with Gasteiger partial charge in [0.2, 0.25) is 0 Å². The number of carbonyl (C=O) groups is 2. The largest absolute Gasteiger partial charge is 0.507 e. The van der Waals surface area contributed by atoms with Crippen molar-refractivity contribution in [3.8, 4) is 17.2 Å². The van der Waals surface area contributed by atoms with Gasteiger partial charge in [0.05, 0.1) is 32.4 Å². The van der Waals surface area contributed by atoms with Crippen LogP contribution in [0.1, 0.15) is 49.8 Å². The Kier molecular flexibility index (Phi) is 9.76. The molecular weight excluding hydrogens is 462 g/mol. The summed E-state index contributed by atoms with van der Waals surface area (Å²) in [4.78, 5) is 27.7. The van der Waals surface area contributed by atoms with E-state index < -0.39 is 17.7 Å². The molecule has 0 spiro atoms. The van der Waals surface area contributed by atoms with Gasteiger partial charge in [0.25, 0.3) is 11.7 Å². The molecule has 1 unspecified atom stereocenters. The van der Waals surface area contributed by atoms with Gasteiger partial charge >= 0.3 is 0 Å². The molecule has 1 fully saturated rings. The van der Waals surface area contributed by atoms with Crippen molar-refractivity contribution in [3.63, 3.8) is 0 Å². The Hall–Kier alpha value is -3.52. The maximum Gasteiger partial charge on any atom is 0.295 e. The second kappa shape index (κ2) is 13.0. The number of carbonyl (C=O) groups excluding carboxylic acids is 2. The molecule has 36 heavy (non-hydrogen) atoms. The number of aliphatic hydroxyl groups excluding tert-OH is 1. The summed E-state index contributed by atoms with van der Waals surface area (Å²) in [6, 6.07) is 11.3. The molecule has 2 aromatic carbocycles. The zero-order chi connectivity index (χ0) is 26.1. The summed E-state index contributed by atoms with van der Waals surface area (Å²) in [7, 11) is 4.63. The van der Waals surface area contributed by atoms with Crippen LogP contribution in [0.25, 0.3) is 5.76 Å². The van der Waals surface area contributed by atoms with Crippen molar-refractivity contribution in [3.05, 3.63) is 59.2 Å². The predicted molar refractivity (Wildman–Crippen MR) is 137 cm³/mol. The molecule has 0 aliphatic carbocycles. The molecule has 3 rings (SSSR count). The smallest absolute Gasteiger partial charge is 0.295 e. The third-order valence-corrected chi connectivity index (χ3v) is 6.16. The summed E-state index contributed by atoms with van der Waals surface area (Å²) >= 11 is 0. The van der Waals surface area contributed by atoms with Gasteiger partial charge < -0.3 is 29.0 Å². The normalized spacial score (nSPS) is 16.9. The predicted octanol–water partition coefficient (Wildman–Crippen LogP) is 4.73. The Bertz CT molecular complexity index is 1080. The van der Waals surface area contributed by atoms with E-state index in [0.29, 0.717) is 54.6 Å². The van der Waals surface area contributed by atoms with Gasteiger partial charge in [0.1, 0.15) is 11.5 Å². The molecule has 0 saturated carbocycles. The number of methoxy groups -OCH3 is 3. The molecule has 1 amide bonds. The molecule has 2 aromatic rings. The number of nitrogens with zero attached hydrogens (tertiary/aromatic N) is 1. The van der Waals surface area contributed by atoms with Crippen LogP contribution in [0.15, 0.2) is 48.0 Å². The van der Waals surface area contributed by atoms with E-state index in [1.54, 1.807) is 49.6 Å². The van der Waals surface area contributed by atoms with Crippen LogP contribution in [0, 0.1) is 0 Å². The van der Waals surface area contributed by atoms with Gasteiger partial charge in [0, 0.05) is 25.8 Å². The maximum atomic E-state index is 13.2. The zero-order valence-electron chi connectivity index (χ0n) is 21.4. The number of ether oxygens (including phenoxy) is 4. The van der Waals surface area contributed by atoms with Gasteiger partial charge in [-0.05, 0) is 54.8 Å². The summed E-state index contributed by atoms with van der Waals surface area (Å²) in [5, 5.41) is 11.3. The summed E-state index contributed by atoms with van der Waals surface area (Å²) in [6.07, 6.45) is 3.72. The van der Waals surface area contributed by atoms with Crippen LogP contribution in [0.5, 0.6) is 17.2 Å². The first-order valence-corrected chi connectivity index (χ1v) is 12.2. The highest BCUT2D eigenvalue weighted by Gasteiger charge is 2.46. The average Bonchev–Trinajstić information content (AvgIpc) is 3.15. The van der Waals surface area contributed by atoms with Crippen LogP contribution in [-0.4, -0.2) is 62.8 Å². The molecule has 1 aliphatic heterocycles. The maximum absolute atomic E-state index is 13.2. The van der Waals surface area contributed by atoms with E-state index in [2.05, 4.69) is 6.92 Å². The van der Waals surface area contributed by atoms with Gasteiger partial charge in [-0.2, -0.15) is 0 Å². The van der Waals surface area contributed by atoms with Crippen LogP contribution in [0.3, 0.4) is 0 Å². The fourth-order valence-electron chi connectivity index (χ4n) is 4.27. The second-order valence-corrected chi connectivity index (χ2v) is 8.53. The Morgan fingerprint density at radius 2 is 1.64 bits per heavy atom. The molecule has 0 radical (unpaired) electrons. The van der Waals surface area contributed by atoms with Gasteiger partial charge in [-0.3, -0.25) is 9.59 Å². The number of likely N-dealkylation sites (tertiary alicyclic amines) is 1. The minimum atomic E-state index is -0.786. The van der Waals surface area contributed by atoms with Crippen molar-refractivity contribution >= 4 is 17.4 Å². The minimum Gasteiger partial charge on any atom is -0.507 e. The lowest BCUT2D eigenvalue weighted by Crippen LogP contribution is -2.31. The SMILES string of the molecule is CCCCCOc1ccc(/C(O)=C2/C(=O)C(=O)N(CCCOC)C2c2ccc(OC)c(OC)c2)cc1. The number of aliphatic hydroxyl groups is 1. The van der Waals surface area contributed by atoms with E-state index >= 15 is 0 Å². The monoisotopic (exact) mass is 497 g/mol. The topological polar surface area (TPSA) is 94.5 Å². The summed E-state index contributed by atoms with van der Waals surface area (Å²) < 4.78 is 21.7. The lowest BCUT2D eigenvalue weighted by atomic mass is 9.95. The number of amides is 1. The molecule has 8 nitrogen and oxygen atoms in total. The molecule has 0 aromatic heterocycles. The van der Waals surface area contributed by atoms with Gasteiger partial charge in [-0.1, -0.05) is 25.8 Å². The molecule has 1 saturated heterocycles. The van der Waals surface area contributed by atoms with E-state index in [1.807, 2.05) is 0 Å². The quantitative estimate of drug-likeness (QED) is 0.185. The second-order valence-electron chi connectivity index (χ2n) is 8.53. The Labute approximate surface area is 212 Å². The van der Waals surface area contributed by atoms with Crippen molar-refractivity contribution in [2.24, 2.45) is 0 Å². The highest BCUT2D eigenvalue weighted by Crippen LogP contribution is 2.42. The standard InChI is InChI=1S/C28H35NO7/c1-5-6-7-17-36-21-12-9-19(10-13-21)26(30)24-25(20-11-14-22(34-3)23(18-20)35-4)29(15-8-16-33-2)28(32)27(24)31/h9-14,18,25,30H,5-8,15-17H2,1-4H3/b26-24-. The third-order valence-electron chi connectivity index (χ3n) is 6.16. The minimum absolute atomic E-state index is 0.0289. The lowest BCUT2D eigenvalue weighted by Gasteiger charge is -2.26. The molecule has 194 valence electrons. The van der Waals surface area contributed by atoms with Gasteiger partial charge in [0.15, 0.2) is 11.5 Å². The van der Waals surface area contributed by atoms with Crippen LogP contribution in [0.2, 0.25) is 0 Å². The Morgan fingerprint density at radius 3 is 2.28 bits per heavy atom. The number of hydrogen-bond donors (Lipinski definition) is 1. The number of unbranched alkanes of at least 4 members (excludes halogenated alkanes) is 2. The third kappa shape index (κ3) is 5.99. The highest BCUT2D eigenvalue weighted by atomic mass is 16.5.